The van der Waals surface area contributed by atoms with Gasteiger partial charge in [0.05, 0.1) is 12.2 Å². The van der Waals surface area contributed by atoms with Crippen LogP contribution in [0.5, 0.6) is 0 Å². The van der Waals surface area contributed by atoms with Crippen molar-refractivity contribution in [3.63, 3.8) is 0 Å². The molecule has 0 heterocycles. The van der Waals surface area contributed by atoms with Crippen molar-refractivity contribution < 1.29 is 9.84 Å². The van der Waals surface area contributed by atoms with E-state index in [1.165, 1.54) is 0 Å². The summed E-state index contributed by atoms with van der Waals surface area (Å²) in [6, 6.07) is 0. The molecule has 0 saturated heterocycles. The third kappa shape index (κ3) is 3.92. The minimum atomic E-state index is -0.0968. The summed E-state index contributed by atoms with van der Waals surface area (Å²) in [5.74, 6) is 0.529. The molecule has 0 aliphatic carbocycles. The quantitative estimate of drug-likeness (QED) is 0.645. The monoisotopic (exact) mass is 186 g/mol. The minimum absolute atomic E-state index is 0.0968. The lowest BCUT2D eigenvalue weighted by Crippen LogP contribution is -2.34. The number of ether oxygens (including phenoxy) is 1. The van der Waals surface area contributed by atoms with E-state index in [2.05, 4.69) is 20.8 Å². The first-order valence-corrected chi connectivity index (χ1v) is 4.91. The fourth-order valence-electron chi connectivity index (χ4n) is 1.31. The van der Waals surface area contributed by atoms with Crippen molar-refractivity contribution in [2.75, 3.05) is 13.7 Å². The van der Waals surface area contributed by atoms with Crippen LogP contribution in [0.15, 0.2) is 12.2 Å². The zero-order chi connectivity index (χ0) is 10.3. The molecular weight excluding hydrogens is 164 g/mol. The molecule has 0 saturated carbocycles. The first kappa shape index (κ1) is 12.7. The van der Waals surface area contributed by atoms with Crippen LogP contribution in [0.2, 0.25) is 0 Å². The molecule has 0 aromatic heterocycles. The maximum absolute atomic E-state index is 8.60. The van der Waals surface area contributed by atoms with Gasteiger partial charge in [-0.15, -0.1) is 0 Å². The highest BCUT2D eigenvalue weighted by atomic mass is 16.5. The highest BCUT2D eigenvalue weighted by molar-refractivity contribution is 4.92. The van der Waals surface area contributed by atoms with Gasteiger partial charge in [-0.3, -0.25) is 0 Å². The highest BCUT2D eigenvalue weighted by Gasteiger charge is 2.28. The van der Waals surface area contributed by atoms with Gasteiger partial charge in [-0.1, -0.05) is 32.4 Å². The molecule has 0 amide bonds. The Morgan fingerprint density at radius 3 is 2.46 bits per heavy atom. The highest BCUT2D eigenvalue weighted by Crippen LogP contribution is 2.27. The molecule has 78 valence electrons. The molecule has 0 radical (unpaired) electrons. The Kier molecular flexibility index (Phi) is 6.00. The first-order chi connectivity index (χ1) is 6.10. The molecule has 0 bridgehead atoms. The van der Waals surface area contributed by atoms with Gasteiger partial charge in [0.15, 0.2) is 0 Å². The second-order valence-electron chi connectivity index (χ2n) is 3.68. The van der Waals surface area contributed by atoms with E-state index in [4.69, 9.17) is 9.84 Å². The fourth-order valence-corrected chi connectivity index (χ4v) is 1.31. The standard InChI is InChI=1S/C11H22O2/c1-5-10(2)11(3,13-4)8-6-7-9-12/h6-7,10,12H,5,8-9H2,1-4H3. The van der Waals surface area contributed by atoms with E-state index in [9.17, 15) is 0 Å². The lowest BCUT2D eigenvalue weighted by Gasteiger charge is -2.33. The number of aliphatic hydroxyl groups excluding tert-OH is 1. The Hall–Kier alpha value is -0.340. The number of aliphatic hydroxyl groups is 1. The smallest absolute Gasteiger partial charge is 0.0710 e. The summed E-state index contributed by atoms with van der Waals surface area (Å²) in [5.41, 5.74) is -0.0968. The molecule has 0 fully saturated rings. The van der Waals surface area contributed by atoms with Gasteiger partial charge in [0, 0.05) is 7.11 Å². The Morgan fingerprint density at radius 2 is 2.08 bits per heavy atom. The second kappa shape index (κ2) is 6.17. The van der Waals surface area contributed by atoms with Gasteiger partial charge >= 0.3 is 0 Å². The molecule has 0 aliphatic heterocycles. The Balaban J connectivity index is 4.18. The zero-order valence-electron chi connectivity index (χ0n) is 9.21. The molecule has 0 aromatic rings. The van der Waals surface area contributed by atoms with Crippen LogP contribution < -0.4 is 0 Å². The predicted octanol–water partition coefficient (Wildman–Crippen LogP) is 2.38. The predicted molar refractivity (Wildman–Crippen MR) is 55.7 cm³/mol. The Morgan fingerprint density at radius 1 is 1.46 bits per heavy atom. The molecular formula is C11H22O2. The van der Waals surface area contributed by atoms with Crippen LogP contribution in [0.25, 0.3) is 0 Å². The van der Waals surface area contributed by atoms with Crippen molar-refractivity contribution in [3.05, 3.63) is 12.2 Å². The van der Waals surface area contributed by atoms with Gasteiger partial charge < -0.3 is 9.84 Å². The van der Waals surface area contributed by atoms with E-state index in [1.54, 1.807) is 13.2 Å². The van der Waals surface area contributed by atoms with E-state index in [1.807, 2.05) is 6.08 Å². The van der Waals surface area contributed by atoms with Crippen LogP contribution in [0, 0.1) is 5.92 Å². The van der Waals surface area contributed by atoms with E-state index in [0.717, 1.165) is 12.8 Å². The van der Waals surface area contributed by atoms with E-state index < -0.39 is 0 Å². The van der Waals surface area contributed by atoms with E-state index in [0.29, 0.717) is 5.92 Å². The van der Waals surface area contributed by atoms with Crippen molar-refractivity contribution in [2.45, 2.75) is 39.2 Å². The summed E-state index contributed by atoms with van der Waals surface area (Å²) >= 11 is 0. The molecule has 0 spiro atoms. The van der Waals surface area contributed by atoms with Gasteiger partial charge in [-0.2, -0.15) is 0 Å². The number of rotatable bonds is 6. The van der Waals surface area contributed by atoms with Crippen molar-refractivity contribution in [2.24, 2.45) is 5.92 Å². The van der Waals surface area contributed by atoms with Crippen LogP contribution in [-0.2, 0) is 4.74 Å². The Labute approximate surface area is 81.6 Å². The van der Waals surface area contributed by atoms with Gasteiger partial charge in [0.2, 0.25) is 0 Å². The molecule has 2 unspecified atom stereocenters. The topological polar surface area (TPSA) is 29.5 Å². The van der Waals surface area contributed by atoms with Gasteiger partial charge in [-0.05, 0) is 19.3 Å². The lowest BCUT2D eigenvalue weighted by atomic mass is 9.85. The van der Waals surface area contributed by atoms with E-state index in [-0.39, 0.29) is 12.2 Å². The fraction of sp³-hybridized carbons (Fsp3) is 0.818. The van der Waals surface area contributed by atoms with Crippen LogP contribution in [0.3, 0.4) is 0 Å². The average Bonchev–Trinajstić information content (AvgIpc) is 2.16. The van der Waals surface area contributed by atoms with Crippen LogP contribution in [0.1, 0.15) is 33.6 Å². The molecule has 13 heavy (non-hydrogen) atoms. The molecule has 2 atom stereocenters. The summed E-state index contributed by atoms with van der Waals surface area (Å²) in [6.45, 7) is 6.58. The maximum Gasteiger partial charge on any atom is 0.0710 e. The van der Waals surface area contributed by atoms with E-state index >= 15 is 0 Å². The number of methoxy groups -OCH3 is 1. The second-order valence-corrected chi connectivity index (χ2v) is 3.68. The van der Waals surface area contributed by atoms with Crippen molar-refractivity contribution in [1.29, 1.82) is 0 Å². The van der Waals surface area contributed by atoms with Crippen LogP contribution in [0.4, 0.5) is 0 Å². The molecule has 0 rings (SSSR count). The first-order valence-electron chi connectivity index (χ1n) is 4.91. The van der Waals surface area contributed by atoms with Crippen molar-refractivity contribution >= 4 is 0 Å². The number of hydrogen-bond donors (Lipinski definition) is 1. The summed E-state index contributed by atoms with van der Waals surface area (Å²) < 4.78 is 5.50. The molecule has 2 nitrogen and oxygen atoms in total. The Bertz CT molecular complexity index is 154. The van der Waals surface area contributed by atoms with Gasteiger partial charge in [0.1, 0.15) is 0 Å². The maximum atomic E-state index is 8.60. The van der Waals surface area contributed by atoms with Gasteiger partial charge in [0.25, 0.3) is 0 Å². The third-order valence-corrected chi connectivity index (χ3v) is 2.92. The average molecular weight is 186 g/mol. The third-order valence-electron chi connectivity index (χ3n) is 2.92. The lowest BCUT2D eigenvalue weighted by molar-refractivity contribution is -0.0364. The molecule has 2 heteroatoms. The normalized spacial score (nSPS) is 18.8. The summed E-state index contributed by atoms with van der Waals surface area (Å²) in [6.07, 6.45) is 5.71. The van der Waals surface area contributed by atoms with Crippen molar-refractivity contribution in [1.82, 2.24) is 0 Å². The summed E-state index contributed by atoms with van der Waals surface area (Å²) in [5, 5.41) is 8.60. The molecule has 1 N–H and O–H groups in total. The number of hydrogen-bond acceptors (Lipinski definition) is 2. The zero-order valence-corrected chi connectivity index (χ0v) is 9.21. The summed E-state index contributed by atoms with van der Waals surface area (Å²) in [7, 11) is 1.75. The SMILES string of the molecule is CCC(C)C(C)(CC=CCO)OC. The van der Waals surface area contributed by atoms with Crippen molar-refractivity contribution in [3.8, 4) is 0 Å². The molecule has 0 aromatic carbocycles. The largest absolute Gasteiger partial charge is 0.392 e. The van der Waals surface area contributed by atoms with Crippen LogP contribution >= 0.6 is 0 Å². The van der Waals surface area contributed by atoms with Gasteiger partial charge in [-0.25, -0.2) is 0 Å². The molecule has 0 aliphatic rings. The van der Waals surface area contributed by atoms with Crippen LogP contribution in [-0.4, -0.2) is 24.4 Å². The minimum Gasteiger partial charge on any atom is -0.392 e. The summed E-state index contributed by atoms with van der Waals surface area (Å²) in [4.78, 5) is 0.